The summed E-state index contributed by atoms with van der Waals surface area (Å²) in [6.45, 7) is 5.01. The van der Waals surface area contributed by atoms with Gasteiger partial charge in [0.15, 0.2) is 5.82 Å². The van der Waals surface area contributed by atoms with Crippen molar-refractivity contribution in [2.75, 3.05) is 31.1 Å². The van der Waals surface area contributed by atoms with Crippen molar-refractivity contribution in [1.29, 1.82) is 0 Å². The number of aromatic nitrogens is 5. The topological polar surface area (TPSA) is 63.0 Å². The van der Waals surface area contributed by atoms with Crippen LogP contribution in [-0.4, -0.2) is 56.3 Å². The predicted molar refractivity (Wildman–Crippen MR) is 77.8 cm³/mol. The molecule has 2 aromatic heterocycles. The molecular weight excluding hydrogens is 266 g/mol. The van der Waals surface area contributed by atoms with Gasteiger partial charge < -0.3 is 4.90 Å². The van der Waals surface area contributed by atoms with Crippen molar-refractivity contribution in [3.63, 3.8) is 0 Å². The van der Waals surface area contributed by atoms with Gasteiger partial charge in [-0.15, -0.1) is 5.10 Å². The van der Waals surface area contributed by atoms with Crippen LogP contribution in [0.3, 0.4) is 0 Å². The van der Waals surface area contributed by atoms with Crippen LogP contribution >= 0.6 is 0 Å². The van der Waals surface area contributed by atoms with Gasteiger partial charge in [-0.3, -0.25) is 9.88 Å². The monoisotopic (exact) mass is 285 g/mol. The highest BCUT2D eigenvalue weighted by Gasteiger charge is 2.28. The Balaban J connectivity index is 1.36. The normalized spacial score (nSPS) is 19.9. The first-order valence-electron chi connectivity index (χ1n) is 7.54. The van der Waals surface area contributed by atoms with Gasteiger partial charge in [-0.25, -0.2) is 4.68 Å². The molecule has 2 fully saturated rings. The number of anilines is 1. The average molecular weight is 285 g/mol. The molecule has 0 aromatic carbocycles. The maximum atomic E-state index is 4.19. The summed E-state index contributed by atoms with van der Waals surface area (Å²) in [5.41, 5.74) is 1.26. The zero-order valence-electron chi connectivity index (χ0n) is 12.0. The molecule has 2 aliphatic rings. The van der Waals surface area contributed by atoms with E-state index in [4.69, 9.17) is 0 Å². The lowest BCUT2D eigenvalue weighted by atomic mass is 10.2. The highest BCUT2D eigenvalue weighted by atomic mass is 15.6. The first-order chi connectivity index (χ1) is 10.4. The Morgan fingerprint density at radius 1 is 1.05 bits per heavy atom. The summed E-state index contributed by atoms with van der Waals surface area (Å²) in [5.74, 6) is 1.01. The zero-order chi connectivity index (χ0) is 14.1. The number of pyridine rings is 1. The lowest BCUT2D eigenvalue weighted by Crippen LogP contribution is -2.46. The van der Waals surface area contributed by atoms with E-state index in [1.807, 2.05) is 17.1 Å². The number of hydrogen-bond acceptors (Lipinski definition) is 6. The van der Waals surface area contributed by atoms with Crippen LogP contribution in [0.5, 0.6) is 0 Å². The maximum absolute atomic E-state index is 4.19. The van der Waals surface area contributed by atoms with E-state index in [1.54, 1.807) is 0 Å². The number of nitrogens with zero attached hydrogens (tertiary/aromatic N) is 7. The number of rotatable bonds is 4. The Morgan fingerprint density at radius 3 is 2.52 bits per heavy atom. The molecule has 2 aromatic rings. The molecule has 7 nitrogen and oxygen atoms in total. The Bertz CT molecular complexity index is 584. The van der Waals surface area contributed by atoms with Gasteiger partial charge in [-0.05, 0) is 35.4 Å². The van der Waals surface area contributed by atoms with Gasteiger partial charge in [0.2, 0.25) is 0 Å². The summed E-state index contributed by atoms with van der Waals surface area (Å²) in [4.78, 5) is 8.91. The SMILES string of the molecule is c1cc(N2CCN(Cc3nnnn3C3CC3)CC2)ccn1. The molecule has 21 heavy (non-hydrogen) atoms. The second-order valence-electron chi connectivity index (χ2n) is 5.74. The second kappa shape index (κ2) is 5.40. The molecule has 0 amide bonds. The Morgan fingerprint density at radius 2 is 1.81 bits per heavy atom. The summed E-state index contributed by atoms with van der Waals surface area (Å²) >= 11 is 0. The minimum Gasteiger partial charge on any atom is -0.369 e. The van der Waals surface area contributed by atoms with Crippen molar-refractivity contribution in [3.05, 3.63) is 30.4 Å². The van der Waals surface area contributed by atoms with E-state index in [9.17, 15) is 0 Å². The molecule has 110 valence electrons. The van der Waals surface area contributed by atoms with Gasteiger partial charge in [0.1, 0.15) is 0 Å². The van der Waals surface area contributed by atoms with E-state index < -0.39 is 0 Å². The first-order valence-corrected chi connectivity index (χ1v) is 7.54. The molecule has 1 aliphatic heterocycles. The molecule has 0 unspecified atom stereocenters. The molecular formula is C14H19N7. The predicted octanol–water partition coefficient (Wildman–Crippen LogP) is 0.725. The van der Waals surface area contributed by atoms with E-state index in [-0.39, 0.29) is 0 Å². The van der Waals surface area contributed by atoms with Crippen molar-refractivity contribution < 1.29 is 0 Å². The molecule has 0 spiro atoms. The fourth-order valence-corrected chi connectivity index (χ4v) is 2.84. The van der Waals surface area contributed by atoms with Crippen LogP contribution in [0.4, 0.5) is 5.69 Å². The third-order valence-corrected chi connectivity index (χ3v) is 4.22. The second-order valence-corrected chi connectivity index (χ2v) is 5.74. The third kappa shape index (κ3) is 2.73. The summed E-state index contributed by atoms with van der Waals surface area (Å²) in [6, 6.07) is 4.69. The van der Waals surface area contributed by atoms with E-state index in [0.29, 0.717) is 6.04 Å². The Labute approximate surface area is 123 Å². The molecule has 7 heteroatoms. The van der Waals surface area contributed by atoms with Crippen LogP contribution in [0, 0.1) is 0 Å². The van der Waals surface area contributed by atoms with Crippen molar-refractivity contribution in [1.82, 2.24) is 30.1 Å². The summed E-state index contributed by atoms with van der Waals surface area (Å²) < 4.78 is 2.01. The van der Waals surface area contributed by atoms with Crippen LogP contribution in [0.2, 0.25) is 0 Å². The number of tetrazole rings is 1. The van der Waals surface area contributed by atoms with E-state index in [1.165, 1.54) is 18.5 Å². The molecule has 0 atom stereocenters. The summed E-state index contributed by atoms with van der Waals surface area (Å²) in [7, 11) is 0. The largest absolute Gasteiger partial charge is 0.369 e. The molecule has 1 aliphatic carbocycles. The maximum Gasteiger partial charge on any atom is 0.165 e. The minimum atomic E-state index is 0.549. The van der Waals surface area contributed by atoms with Crippen molar-refractivity contribution in [2.45, 2.75) is 25.4 Å². The fourth-order valence-electron chi connectivity index (χ4n) is 2.84. The first kappa shape index (κ1) is 12.7. The molecule has 1 saturated carbocycles. The number of piperazine rings is 1. The summed E-state index contributed by atoms with van der Waals surface area (Å²) in [5, 5.41) is 12.1. The minimum absolute atomic E-state index is 0.549. The highest BCUT2D eigenvalue weighted by molar-refractivity contribution is 5.44. The molecule has 0 bridgehead atoms. The van der Waals surface area contributed by atoms with Crippen LogP contribution in [0.15, 0.2) is 24.5 Å². The van der Waals surface area contributed by atoms with Crippen molar-refractivity contribution in [3.8, 4) is 0 Å². The lowest BCUT2D eigenvalue weighted by molar-refractivity contribution is 0.239. The zero-order valence-corrected chi connectivity index (χ0v) is 12.0. The van der Waals surface area contributed by atoms with Crippen LogP contribution < -0.4 is 4.90 Å². The fraction of sp³-hybridized carbons (Fsp3) is 0.571. The van der Waals surface area contributed by atoms with Crippen LogP contribution in [-0.2, 0) is 6.54 Å². The van der Waals surface area contributed by atoms with Crippen LogP contribution in [0.25, 0.3) is 0 Å². The van der Waals surface area contributed by atoms with Gasteiger partial charge in [0, 0.05) is 44.3 Å². The molecule has 0 N–H and O–H groups in total. The van der Waals surface area contributed by atoms with Gasteiger partial charge in [-0.1, -0.05) is 0 Å². The molecule has 0 radical (unpaired) electrons. The van der Waals surface area contributed by atoms with Gasteiger partial charge >= 0.3 is 0 Å². The van der Waals surface area contributed by atoms with E-state index in [0.717, 1.165) is 38.5 Å². The molecule has 1 saturated heterocycles. The van der Waals surface area contributed by atoms with E-state index in [2.05, 4.69) is 42.4 Å². The quantitative estimate of drug-likeness (QED) is 0.825. The Kier molecular flexibility index (Phi) is 3.27. The van der Waals surface area contributed by atoms with Crippen molar-refractivity contribution in [2.24, 2.45) is 0 Å². The smallest absolute Gasteiger partial charge is 0.165 e. The third-order valence-electron chi connectivity index (χ3n) is 4.22. The average Bonchev–Trinajstić information content (AvgIpc) is 3.29. The lowest BCUT2D eigenvalue weighted by Gasteiger charge is -2.35. The van der Waals surface area contributed by atoms with Gasteiger partial charge in [0.25, 0.3) is 0 Å². The van der Waals surface area contributed by atoms with Crippen LogP contribution in [0.1, 0.15) is 24.7 Å². The van der Waals surface area contributed by atoms with Crippen molar-refractivity contribution >= 4 is 5.69 Å². The molecule has 3 heterocycles. The van der Waals surface area contributed by atoms with Gasteiger partial charge in [-0.2, -0.15) is 0 Å². The summed E-state index contributed by atoms with van der Waals surface area (Å²) in [6.07, 6.45) is 6.14. The van der Waals surface area contributed by atoms with E-state index >= 15 is 0 Å². The van der Waals surface area contributed by atoms with Gasteiger partial charge in [0.05, 0.1) is 12.6 Å². The molecule has 4 rings (SSSR count). The Hall–Kier alpha value is -2.02. The standard InChI is InChI=1S/C14H19N7/c1-2-13(1)21-14(16-17-18-21)11-19-7-9-20(10-8-19)12-3-5-15-6-4-12/h3-6,13H,1-2,7-11H2. The number of hydrogen-bond donors (Lipinski definition) is 0. The highest BCUT2D eigenvalue weighted by Crippen LogP contribution is 2.34.